The molecule has 15 heavy (non-hydrogen) atoms. The summed E-state index contributed by atoms with van der Waals surface area (Å²) in [6.45, 7) is 0.492. The average molecular weight is 212 g/mol. The Bertz CT molecular complexity index is 325. The molecule has 0 radical (unpaired) electrons. The van der Waals surface area contributed by atoms with Gasteiger partial charge in [0.2, 0.25) is 0 Å². The summed E-state index contributed by atoms with van der Waals surface area (Å²) in [5.41, 5.74) is 0. The molecule has 0 N–H and O–H groups in total. The second-order valence-corrected chi connectivity index (χ2v) is 3.00. The number of hydrogen-bond acceptors (Lipinski definition) is 3. The van der Waals surface area contributed by atoms with Crippen LogP contribution in [0.3, 0.4) is 0 Å². The normalized spacial score (nSPS) is 10.0. The Morgan fingerprint density at radius 2 is 2.13 bits per heavy atom. The zero-order valence-electron chi connectivity index (χ0n) is 8.53. The van der Waals surface area contributed by atoms with Crippen molar-refractivity contribution in [2.24, 2.45) is 0 Å². The van der Waals surface area contributed by atoms with Crippen LogP contribution in [0.25, 0.3) is 0 Å². The molecule has 0 atom stereocenters. The lowest BCUT2D eigenvalue weighted by molar-refractivity contribution is -0.134. The number of methoxy groups -OCH3 is 1. The first kappa shape index (κ1) is 11.7. The molecular weight excluding hydrogens is 199 g/mol. The van der Waals surface area contributed by atoms with Crippen molar-refractivity contribution < 1.29 is 18.7 Å². The lowest BCUT2D eigenvalue weighted by Crippen LogP contribution is -2.09. The summed E-state index contributed by atoms with van der Waals surface area (Å²) in [5, 5.41) is 0. The van der Waals surface area contributed by atoms with Gasteiger partial charge in [0, 0.05) is 20.1 Å². The van der Waals surface area contributed by atoms with Gasteiger partial charge in [-0.1, -0.05) is 12.1 Å². The van der Waals surface area contributed by atoms with Crippen LogP contribution >= 0.6 is 0 Å². The van der Waals surface area contributed by atoms with Gasteiger partial charge in [-0.3, -0.25) is 4.79 Å². The van der Waals surface area contributed by atoms with Crippen molar-refractivity contribution in [2.75, 3.05) is 13.7 Å². The highest BCUT2D eigenvalue weighted by Gasteiger charge is 2.07. The van der Waals surface area contributed by atoms with E-state index in [0.29, 0.717) is 13.0 Å². The average Bonchev–Trinajstić information content (AvgIpc) is 2.22. The SMILES string of the molecule is COCCCC(=O)Oc1ccccc1F. The third-order valence-corrected chi connectivity index (χ3v) is 1.79. The van der Waals surface area contributed by atoms with Crippen LogP contribution in [-0.2, 0) is 9.53 Å². The van der Waals surface area contributed by atoms with Crippen molar-refractivity contribution >= 4 is 5.97 Å². The van der Waals surface area contributed by atoms with Crippen LogP contribution in [0.1, 0.15) is 12.8 Å². The number of halogens is 1. The smallest absolute Gasteiger partial charge is 0.311 e. The minimum absolute atomic E-state index is 0.0279. The van der Waals surface area contributed by atoms with Crippen molar-refractivity contribution in [3.05, 3.63) is 30.1 Å². The van der Waals surface area contributed by atoms with Gasteiger partial charge in [0.05, 0.1) is 0 Å². The molecule has 1 rings (SSSR count). The lowest BCUT2D eigenvalue weighted by Gasteiger charge is -2.04. The summed E-state index contributed by atoms with van der Waals surface area (Å²) in [5.74, 6) is -1.00. The van der Waals surface area contributed by atoms with Gasteiger partial charge >= 0.3 is 5.97 Å². The fourth-order valence-electron chi connectivity index (χ4n) is 1.06. The van der Waals surface area contributed by atoms with E-state index in [9.17, 15) is 9.18 Å². The van der Waals surface area contributed by atoms with E-state index in [1.54, 1.807) is 13.2 Å². The second-order valence-electron chi connectivity index (χ2n) is 3.00. The third kappa shape index (κ3) is 4.08. The van der Waals surface area contributed by atoms with Crippen molar-refractivity contribution in [3.63, 3.8) is 0 Å². The highest BCUT2D eigenvalue weighted by atomic mass is 19.1. The summed E-state index contributed by atoms with van der Waals surface area (Å²) in [7, 11) is 1.56. The second kappa shape index (κ2) is 6.14. The minimum atomic E-state index is -0.530. The van der Waals surface area contributed by atoms with E-state index in [-0.39, 0.29) is 12.2 Å². The number of hydrogen-bond donors (Lipinski definition) is 0. The van der Waals surface area contributed by atoms with Gasteiger partial charge < -0.3 is 9.47 Å². The largest absolute Gasteiger partial charge is 0.423 e. The van der Waals surface area contributed by atoms with Gasteiger partial charge in [0.1, 0.15) is 0 Å². The maximum Gasteiger partial charge on any atom is 0.311 e. The van der Waals surface area contributed by atoms with Crippen molar-refractivity contribution in [3.8, 4) is 5.75 Å². The molecule has 1 aromatic rings. The maximum atomic E-state index is 13.0. The Morgan fingerprint density at radius 1 is 1.40 bits per heavy atom. The maximum absolute atomic E-state index is 13.0. The molecule has 0 aliphatic rings. The molecule has 1 aromatic carbocycles. The molecule has 0 aliphatic carbocycles. The molecule has 0 fully saturated rings. The number of ether oxygens (including phenoxy) is 2. The summed E-state index contributed by atoms with van der Waals surface area (Å²) in [6.07, 6.45) is 0.798. The minimum Gasteiger partial charge on any atom is -0.423 e. The fraction of sp³-hybridized carbons (Fsp3) is 0.364. The summed E-state index contributed by atoms with van der Waals surface area (Å²) >= 11 is 0. The van der Waals surface area contributed by atoms with Gasteiger partial charge in [-0.15, -0.1) is 0 Å². The molecule has 0 saturated carbocycles. The third-order valence-electron chi connectivity index (χ3n) is 1.79. The lowest BCUT2D eigenvalue weighted by atomic mass is 10.3. The topological polar surface area (TPSA) is 35.5 Å². The number of rotatable bonds is 5. The van der Waals surface area contributed by atoms with E-state index in [2.05, 4.69) is 0 Å². The van der Waals surface area contributed by atoms with E-state index >= 15 is 0 Å². The number of para-hydroxylation sites is 1. The zero-order valence-corrected chi connectivity index (χ0v) is 8.53. The summed E-state index contributed by atoms with van der Waals surface area (Å²) in [4.78, 5) is 11.2. The molecule has 0 bridgehead atoms. The van der Waals surface area contributed by atoms with E-state index in [4.69, 9.17) is 9.47 Å². The molecule has 4 heteroatoms. The van der Waals surface area contributed by atoms with Crippen LogP contribution in [0, 0.1) is 5.82 Å². The van der Waals surface area contributed by atoms with Crippen molar-refractivity contribution in [1.29, 1.82) is 0 Å². The number of carbonyl (C=O) groups excluding carboxylic acids is 1. The Balaban J connectivity index is 2.41. The van der Waals surface area contributed by atoms with E-state index in [0.717, 1.165) is 0 Å². The first-order chi connectivity index (χ1) is 7.24. The highest BCUT2D eigenvalue weighted by molar-refractivity contribution is 5.72. The molecule has 0 aromatic heterocycles. The Kier molecular flexibility index (Phi) is 4.77. The van der Waals surface area contributed by atoms with Crippen LogP contribution in [0.5, 0.6) is 5.75 Å². The molecule has 0 heterocycles. The fourth-order valence-corrected chi connectivity index (χ4v) is 1.06. The van der Waals surface area contributed by atoms with Crippen LogP contribution < -0.4 is 4.74 Å². The van der Waals surface area contributed by atoms with Gasteiger partial charge in [-0.05, 0) is 18.6 Å². The molecule has 0 spiro atoms. The van der Waals surface area contributed by atoms with Crippen LogP contribution in [0.4, 0.5) is 4.39 Å². The standard InChI is InChI=1S/C11H13FO3/c1-14-8-4-7-11(13)15-10-6-3-2-5-9(10)12/h2-3,5-6H,4,7-8H2,1H3. The van der Waals surface area contributed by atoms with Crippen LogP contribution in [0.2, 0.25) is 0 Å². The molecular formula is C11H13FO3. The highest BCUT2D eigenvalue weighted by Crippen LogP contribution is 2.16. The van der Waals surface area contributed by atoms with E-state index in [1.165, 1.54) is 18.2 Å². The Hall–Kier alpha value is -1.42. The Morgan fingerprint density at radius 3 is 2.80 bits per heavy atom. The molecule has 0 saturated heterocycles. The van der Waals surface area contributed by atoms with Crippen LogP contribution in [0.15, 0.2) is 24.3 Å². The predicted octanol–water partition coefficient (Wildman–Crippen LogP) is 2.16. The number of carbonyl (C=O) groups is 1. The van der Waals surface area contributed by atoms with Crippen LogP contribution in [-0.4, -0.2) is 19.7 Å². The summed E-state index contributed by atoms with van der Waals surface area (Å²) < 4.78 is 22.6. The van der Waals surface area contributed by atoms with Crippen molar-refractivity contribution in [1.82, 2.24) is 0 Å². The zero-order chi connectivity index (χ0) is 11.1. The van der Waals surface area contributed by atoms with Gasteiger partial charge in [-0.2, -0.15) is 0 Å². The summed E-state index contributed by atoms with van der Waals surface area (Å²) in [6, 6.07) is 5.82. The molecule has 3 nitrogen and oxygen atoms in total. The van der Waals surface area contributed by atoms with Gasteiger partial charge in [-0.25, -0.2) is 4.39 Å². The van der Waals surface area contributed by atoms with Crippen molar-refractivity contribution in [2.45, 2.75) is 12.8 Å². The number of esters is 1. The van der Waals surface area contributed by atoms with E-state index in [1.807, 2.05) is 0 Å². The first-order valence-corrected chi connectivity index (χ1v) is 4.68. The number of benzene rings is 1. The monoisotopic (exact) mass is 212 g/mol. The van der Waals surface area contributed by atoms with E-state index < -0.39 is 11.8 Å². The quantitative estimate of drug-likeness (QED) is 0.426. The Labute approximate surface area is 87.8 Å². The molecule has 0 unspecified atom stereocenters. The van der Waals surface area contributed by atoms with Gasteiger partial charge in [0.25, 0.3) is 0 Å². The molecule has 82 valence electrons. The predicted molar refractivity (Wildman–Crippen MR) is 53.1 cm³/mol. The first-order valence-electron chi connectivity index (χ1n) is 4.68. The van der Waals surface area contributed by atoms with Gasteiger partial charge in [0.15, 0.2) is 11.6 Å². The molecule has 0 amide bonds. The molecule has 0 aliphatic heterocycles.